The number of tetrazole rings is 1. The van der Waals surface area contributed by atoms with Crippen molar-refractivity contribution < 1.29 is 4.42 Å². The first-order valence-corrected chi connectivity index (χ1v) is 8.50. The molecule has 0 saturated heterocycles. The van der Waals surface area contributed by atoms with Gasteiger partial charge in [-0.05, 0) is 54.5 Å². The van der Waals surface area contributed by atoms with Crippen LogP contribution in [0.4, 0.5) is 0 Å². The Bertz CT molecular complexity index is 766. The molecule has 0 aliphatic rings. The van der Waals surface area contributed by atoms with Crippen molar-refractivity contribution >= 4 is 0 Å². The summed E-state index contributed by atoms with van der Waals surface area (Å²) in [5, 5.41) is 12.4. The summed E-state index contributed by atoms with van der Waals surface area (Å²) < 4.78 is 7.45. The van der Waals surface area contributed by atoms with Crippen LogP contribution in [0.3, 0.4) is 0 Å². The van der Waals surface area contributed by atoms with Crippen LogP contribution >= 0.6 is 0 Å². The Kier molecular flexibility index (Phi) is 5.23. The average Bonchev–Trinajstić information content (AvgIpc) is 3.28. The molecule has 0 fully saturated rings. The van der Waals surface area contributed by atoms with E-state index in [0.29, 0.717) is 13.1 Å². The minimum absolute atomic E-state index is 0.122. The Balaban J connectivity index is 1.81. The monoisotopic (exact) mass is 340 g/mol. The molecule has 132 valence electrons. The van der Waals surface area contributed by atoms with Crippen molar-refractivity contribution in [2.24, 2.45) is 0 Å². The first-order chi connectivity index (χ1) is 12.1. The van der Waals surface area contributed by atoms with Gasteiger partial charge in [-0.3, -0.25) is 9.88 Å². The molecule has 7 nitrogen and oxygen atoms in total. The number of furan rings is 1. The van der Waals surface area contributed by atoms with Crippen molar-refractivity contribution in [2.45, 2.75) is 52.4 Å². The van der Waals surface area contributed by atoms with Crippen LogP contribution in [-0.4, -0.2) is 30.1 Å². The molecule has 0 spiro atoms. The van der Waals surface area contributed by atoms with Gasteiger partial charge >= 0.3 is 0 Å². The predicted molar refractivity (Wildman–Crippen MR) is 93.3 cm³/mol. The van der Waals surface area contributed by atoms with Crippen LogP contribution in [0.25, 0.3) is 0 Å². The molecule has 7 heteroatoms. The summed E-state index contributed by atoms with van der Waals surface area (Å²) in [4.78, 5) is 6.46. The van der Waals surface area contributed by atoms with E-state index in [2.05, 4.69) is 52.2 Å². The zero-order valence-corrected chi connectivity index (χ0v) is 15.0. The molecule has 0 radical (unpaired) electrons. The lowest BCUT2D eigenvalue weighted by Crippen LogP contribution is -2.32. The molecule has 3 heterocycles. The van der Waals surface area contributed by atoms with E-state index in [9.17, 15) is 0 Å². The molecule has 0 aliphatic heterocycles. The smallest absolute Gasteiger partial charge is 0.165 e. The summed E-state index contributed by atoms with van der Waals surface area (Å²) >= 11 is 0. The van der Waals surface area contributed by atoms with E-state index in [4.69, 9.17) is 4.42 Å². The molecular weight excluding hydrogens is 316 g/mol. The molecule has 0 N–H and O–H groups in total. The predicted octanol–water partition coefficient (Wildman–Crippen LogP) is 3.01. The lowest BCUT2D eigenvalue weighted by atomic mass is 10.0. The molecule has 3 aromatic heterocycles. The van der Waals surface area contributed by atoms with Crippen LogP contribution in [0.2, 0.25) is 0 Å². The van der Waals surface area contributed by atoms with Crippen molar-refractivity contribution in [3.8, 4) is 0 Å². The fraction of sp³-hybridized carbons (Fsp3) is 0.444. The maximum atomic E-state index is 5.52. The third-order valence-corrected chi connectivity index (χ3v) is 4.43. The molecule has 3 aromatic rings. The third-order valence-electron chi connectivity index (χ3n) is 4.43. The molecule has 0 amide bonds. The van der Waals surface area contributed by atoms with Gasteiger partial charge in [0.25, 0.3) is 0 Å². The summed E-state index contributed by atoms with van der Waals surface area (Å²) in [6.07, 6.45) is 6.31. The quantitative estimate of drug-likeness (QED) is 0.627. The molecule has 0 atom stereocenters. The van der Waals surface area contributed by atoms with Crippen molar-refractivity contribution in [3.05, 3.63) is 60.1 Å². The van der Waals surface area contributed by atoms with Crippen LogP contribution in [0.1, 0.15) is 44.3 Å². The van der Waals surface area contributed by atoms with Crippen LogP contribution in [0, 0.1) is 0 Å². The second kappa shape index (κ2) is 7.57. The van der Waals surface area contributed by atoms with E-state index >= 15 is 0 Å². The van der Waals surface area contributed by atoms with Gasteiger partial charge in [-0.2, -0.15) is 0 Å². The minimum Gasteiger partial charge on any atom is -0.468 e. The Morgan fingerprint density at radius 2 is 2.04 bits per heavy atom. The Morgan fingerprint density at radius 1 is 1.16 bits per heavy atom. The molecule has 0 aromatic carbocycles. The van der Waals surface area contributed by atoms with E-state index in [0.717, 1.165) is 30.1 Å². The number of aromatic nitrogens is 5. The molecule has 25 heavy (non-hydrogen) atoms. The van der Waals surface area contributed by atoms with Crippen LogP contribution < -0.4 is 0 Å². The van der Waals surface area contributed by atoms with Crippen molar-refractivity contribution in [2.75, 3.05) is 0 Å². The highest BCUT2D eigenvalue weighted by Crippen LogP contribution is 2.21. The summed E-state index contributed by atoms with van der Waals surface area (Å²) in [6, 6.07) is 7.91. The Morgan fingerprint density at radius 3 is 2.72 bits per heavy atom. The Labute approximate surface area is 147 Å². The van der Waals surface area contributed by atoms with E-state index in [1.54, 1.807) is 12.5 Å². The normalized spacial score (nSPS) is 12.0. The zero-order valence-electron chi connectivity index (χ0n) is 15.0. The minimum atomic E-state index is -0.122. The number of hydrogen-bond acceptors (Lipinski definition) is 6. The number of rotatable bonds is 8. The molecule has 0 bridgehead atoms. The van der Waals surface area contributed by atoms with Crippen molar-refractivity contribution in [1.29, 1.82) is 0 Å². The molecule has 3 rings (SSSR count). The Hall–Kier alpha value is -2.54. The summed E-state index contributed by atoms with van der Waals surface area (Å²) in [5.74, 6) is 1.76. The first kappa shape index (κ1) is 17.3. The van der Waals surface area contributed by atoms with Gasteiger partial charge in [-0.25, -0.2) is 4.68 Å². The summed E-state index contributed by atoms with van der Waals surface area (Å²) in [7, 11) is 0. The van der Waals surface area contributed by atoms with E-state index in [-0.39, 0.29) is 5.54 Å². The van der Waals surface area contributed by atoms with Crippen LogP contribution in [-0.2, 0) is 25.2 Å². The fourth-order valence-electron chi connectivity index (χ4n) is 2.66. The number of pyridine rings is 1. The third kappa shape index (κ3) is 4.30. The van der Waals surface area contributed by atoms with Crippen molar-refractivity contribution in [1.82, 2.24) is 30.1 Å². The zero-order chi connectivity index (χ0) is 17.7. The van der Waals surface area contributed by atoms with E-state index < -0.39 is 0 Å². The molecule has 0 unspecified atom stereocenters. The van der Waals surface area contributed by atoms with Crippen LogP contribution in [0.15, 0.2) is 47.3 Å². The lowest BCUT2D eigenvalue weighted by molar-refractivity contribution is 0.203. The highest BCUT2D eigenvalue weighted by atomic mass is 16.3. The van der Waals surface area contributed by atoms with E-state index in [1.165, 1.54) is 0 Å². The fourth-order valence-corrected chi connectivity index (χ4v) is 2.66. The number of nitrogens with zero attached hydrogens (tertiary/aromatic N) is 6. The first-order valence-electron chi connectivity index (χ1n) is 8.50. The SMILES string of the molecule is CCC(C)(C)n1nnnc1CN(Cc1cccnc1)Cc1ccco1. The largest absolute Gasteiger partial charge is 0.468 e. The molecule has 0 saturated carbocycles. The van der Waals surface area contributed by atoms with Crippen LogP contribution in [0.5, 0.6) is 0 Å². The highest BCUT2D eigenvalue weighted by molar-refractivity contribution is 5.09. The van der Waals surface area contributed by atoms with Gasteiger partial charge in [0.05, 0.1) is 24.9 Å². The van der Waals surface area contributed by atoms with Gasteiger partial charge in [0.15, 0.2) is 5.82 Å². The standard InChI is InChI=1S/C18H24N6O/c1-4-18(2,3)24-17(20-21-22-24)14-23(13-16-8-6-10-25-16)12-15-7-5-9-19-11-15/h5-11H,4,12-14H2,1-3H3. The molecular formula is C18H24N6O. The van der Waals surface area contributed by atoms with Gasteiger partial charge in [0, 0.05) is 18.9 Å². The summed E-state index contributed by atoms with van der Waals surface area (Å²) in [5.41, 5.74) is 1.02. The van der Waals surface area contributed by atoms with E-state index in [1.807, 2.05) is 29.1 Å². The van der Waals surface area contributed by atoms with Gasteiger partial charge in [0.1, 0.15) is 5.76 Å². The second-order valence-corrected chi connectivity index (χ2v) is 6.76. The maximum absolute atomic E-state index is 5.52. The van der Waals surface area contributed by atoms with Gasteiger partial charge < -0.3 is 4.42 Å². The lowest BCUT2D eigenvalue weighted by Gasteiger charge is -2.26. The van der Waals surface area contributed by atoms with Gasteiger partial charge in [-0.1, -0.05) is 13.0 Å². The topological polar surface area (TPSA) is 72.9 Å². The van der Waals surface area contributed by atoms with Gasteiger partial charge in [0.2, 0.25) is 0 Å². The maximum Gasteiger partial charge on any atom is 0.165 e. The number of hydrogen-bond donors (Lipinski definition) is 0. The molecule has 0 aliphatic carbocycles. The van der Waals surface area contributed by atoms with Crippen molar-refractivity contribution in [3.63, 3.8) is 0 Å². The highest BCUT2D eigenvalue weighted by Gasteiger charge is 2.24. The summed E-state index contributed by atoms with van der Waals surface area (Å²) in [6.45, 7) is 8.48. The van der Waals surface area contributed by atoms with Gasteiger partial charge in [-0.15, -0.1) is 5.10 Å². The average molecular weight is 340 g/mol. The second-order valence-electron chi connectivity index (χ2n) is 6.76.